The Morgan fingerprint density at radius 3 is 2.85 bits per heavy atom. The van der Waals surface area contributed by atoms with Crippen molar-refractivity contribution in [3.05, 3.63) is 36.3 Å². The van der Waals surface area contributed by atoms with Gasteiger partial charge in [-0.25, -0.2) is 0 Å². The molecule has 1 N–H and O–H groups in total. The zero-order valence-corrected chi connectivity index (χ0v) is 8.34. The van der Waals surface area contributed by atoms with Gasteiger partial charge >= 0.3 is 0 Å². The Labute approximate surface area is 79.6 Å². The standard InChI is InChI=1S/C11H17NO/c1-4-5-6-10(12-3)11-8-7-9(2)13-11/h4,7-8,10,12H,1,5-6H2,2-3H3. The molecular weight excluding hydrogens is 162 g/mol. The first-order valence-corrected chi connectivity index (χ1v) is 4.62. The fraction of sp³-hybridized carbons (Fsp3) is 0.455. The molecule has 1 atom stereocenters. The van der Waals surface area contributed by atoms with Gasteiger partial charge in [0.15, 0.2) is 0 Å². The molecule has 0 aliphatic rings. The first-order valence-electron chi connectivity index (χ1n) is 4.62. The average Bonchev–Trinajstić information content (AvgIpc) is 2.54. The topological polar surface area (TPSA) is 25.2 Å². The molecule has 2 heteroatoms. The Bertz CT molecular complexity index is 265. The van der Waals surface area contributed by atoms with Crippen molar-refractivity contribution in [1.29, 1.82) is 0 Å². The highest BCUT2D eigenvalue weighted by Gasteiger charge is 2.11. The summed E-state index contributed by atoms with van der Waals surface area (Å²) < 4.78 is 5.54. The first-order chi connectivity index (χ1) is 6.27. The monoisotopic (exact) mass is 179 g/mol. The predicted molar refractivity (Wildman–Crippen MR) is 54.7 cm³/mol. The molecular formula is C11H17NO. The molecule has 1 aromatic rings. The number of allylic oxidation sites excluding steroid dienone is 1. The lowest BCUT2D eigenvalue weighted by Gasteiger charge is -2.11. The zero-order chi connectivity index (χ0) is 9.68. The Kier molecular flexibility index (Phi) is 3.77. The fourth-order valence-corrected chi connectivity index (χ4v) is 1.35. The molecule has 0 radical (unpaired) electrons. The van der Waals surface area contributed by atoms with Crippen LogP contribution in [-0.4, -0.2) is 7.05 Å². The Balaban J connectivity index is 2.60. The van der Waals surface area contributed by atoms with Crippen molar-refractivity contribution in [2.75, 3.05) is 7.05 Å². The van der Waals surface area contributed by atoms with Crippen LogP contribution in [0.25, 0.3) is 0 Å². The number of hydrogen-bond acceptors (Lipinski definition) is 2. The van der Waals surface area contributed by atoms with E-state index in [-0.39, 0.29) is 0 Å². The lowest BCUT2D eigenvalue weighted by Crippen LogP contribution is -2.15. The summed E-state index contributed by atoms with van der Waals surface area (Å²) in [6.07, 6.45) is 3.97. The van der Waals surface area contributed by atoms with Gasteiger partial charge in [0.25, 0.3) is 0 Å². The van der Waals surface area contributed by atoms with Crippen molar-refractivity contribution in [3.63, 3.8) is 0 Å². The maximum atomic E-state index is 5.54. The van der Waals surface area contributed by atoms with Crippen LogP contribution in [0.5, 0.6) is 0 Å². The van der Waals surface area contributed by atoms with Crippen LogP contribution in [0.15, 0.2) is 29.2 Å². The Morgan fingerprint density at radius 1 is 1.62 bits per heavy atom. The number of rotatable bonds is 5. The molecule has 0 spiro atoms. The van der Waals surface area contributed by atoms with E-state index in [0.717, 1.165) is 24.4 Å². The molecule has 0 saturated heterocycles. The molecule has 1 aromatic heterocycles. The molecule has 72 valence electrons. The van der Waals surface area contributed by atoms with Crippen LogP contribution in [0.1, 0.15) is 30.4 Å². The molecule has 0 fully saturated rings. The van der Waals surface area contributed by atoms with Gasteiger partial charge in [0.1, 0.15) is 11.5 Å². The van der Waals surface area contributed by atoms with Crippen molar-refractivity contribution >= 4 is 0 Å². The summed E-state index contributed by atoms with van der Waals surface area (Å²) in [5.41, 5.74) is 0. The van der Waals surface area contributed by atoms with Crippen molar-refractivity contribution in [1.82, 2.24) is 5.32 Å². The third kappa shape index (κ3) is 2.74. The Morgan fingerprint density at radius 2 is 2.38 bits per heavy atom. The highest BCUT2D eigenvalue weighted by atomic mass is 16.3. The van der Waals surface area contributed by atoms with Crippen LogP contribution in [-0.2, 0) is 0 Å². The molecule has 0 saturated carbocycles. The molecule has 1 heterocycles. The second-order valence-corrected chi connectivity index (χ2v) is 3.16. The molecule has 0 bridgehead atoms. The summed E-state index contributed by atoms with van der Waals surface area (Å²) in [7, 11) is 1.95. The van der Waals surface area contributed by atoms with Crippen molar-refractivity contribution in [3.8, 4) is 0 Å². The molecule has 0 aromatic carbocycles. The molecule has 2 nitrogen and oxygen atoms in total. The van der Waals surface area contributed by atoms with E-state index in [1.807, 2.05) is 32.2 Å². The largest absolute Gasteiger partial charge is 0.465 e. The van der Waals surface area contributed by atoms with Crippen LogP contribution in [0.2, 0.25) is 0 Å². The number of furan rings is 1. The molecule has 0 amide bonds. The van der Waals surface area contributed by atoms with Crippen LogP contribution in [0, 0.1) is 6.92 Å². The van der Waals surface area contributed by atoms with Gasteiger partial charge in [-0.15, -0.1) is 6.58 Å². The lowest BCUT2D eigenvalue weighted by molar-refractivity contribution is 0.403. The Hall–Kier alpha value is -1.02. The van der Waals surface area contributed by atoms with E-state index in [2.05, 4.69) is 11.9 Å². The van der Waals surface area contributed by atoms with E-state index >= 15 is 0 Å². The minimum absolute atomic E-state index is 0.312. The van der Waals surface area contributed by atoms with Gasteiger partial charge in [-0.3, -0.25) is 0 Å². The van der Waals surface area contributed by atoms with E-state index in [4.69, 9.17) is 4.42 Å². The smallest absolute Gasteiger partial charge is 0.121 e. The summed E-state index contributed by atoms with van der Waals surface area (Å²) in [6, 6.07) is 4.33. The second-order valence-electron chi connectivity index (χ2n) is 3.16. The van der Waals surface area contributed by atoms with Crippen LogP contribution < -0.4 is 5.32 Å². The highest BCUT2D eigenvalue weighted by Crippen LogP contribution is 2.20. The number of nitrogens with one attached hydrogen (secondary N) is 1. The van der Waals surface area contributed by atoms with Gasteiger partial charge < -0.3 is 9.73 Å². The van der Waals surface area contributed by atoms with Gasteiger partial charge in [0.05, 0.1) is 6.04 Å². The van der Waals surface area contributed by atoms with E-state index in [1.165, 1.54) is 0 Å². The summed E-state index contributed by atoms with van der Waals surface area (Å²) in [5, 5.41) is 3.22. The first kappa shape index (κ1) is 10.1. The summed E-state index contributed by atoms with van der Waals surface area (Å²) in [6.45, 7) is 5.67. The van der Waals surface area contributed by atoms with Crippen molar-refractivity contribution in [2.24, 2.45) is 0 Å². The maximum absolute atomic E-state index is 5.54. The third-order valence-electron chi connectivity index (χ3n) is 2.11. The van der Waals surface area contributed by atoms with E-state index in [9.17, 15) is 0 Å². The normalized spacial score (nSPS) is 12.8. The zero-order valence-electron chi connectivity index (χ0n) is 8.34. The van der Waals surface area contributed by atoms with Crippen LogP contribution in [0.4, 0.5) is 0 Å². The third-order valence-corrected chi connectivity index (χ3v) is 2.11. The average molecular weight is 179 g/mol. The van der Waals surface area contributed by atoms with E-state index in [1.54, 1.807) is 0 Å². The van der Waals surface area contributed by atoms with Crippen LogP contribution >= 0.6 is 0 Å². The minimum atomic E-state index is 0.312. The van der Waals surface area contributed by atoms with Gasteiger partial charge in [-0.2, -0.15) is 0 Å². The maximum Gasteiger partial charge on any atom is 0.121 e. The van der Waals surface area contributed by atoms with Gasteiger partial charge in [-0.1, -0.05) is 6.08 Å². The van der Waals surface area contributed by atoms with Gasteiger partial charge in [0, 0.05) is 0 Å². The van der Waals surface area contributed by atoms with Crippen LogP contribution in [0.3, 0.4) is 0 Å². The summed E-state index contributed by atoms with van der Waals surface area (Å²) in [4.78, 5) is 0. The summed E-state index contributed by atoms with van der Waals surface area (Å²) >= 11 is 0. The predicted octanol–water partition coefficient (Wildman–Crippen LogP) is 2.81. The molecule has 1 unspecified atom stereocenters. The van der Waals surface area contributed by atoms with Crippen molar-refractivity contribution in [2.45, 2.75) is 25.8 Å². The molecule has 13 heavy (non-hydrogen) atoms. The lowest BCUT2D eigenvalue weighted by atomic mass is 10.1. The van der Waals surface area contributed by atoms with Crippen molar-refractivity contribution < 1.29 is 4.42 Å². The van der Waals surface area contributed by atoms with Gasteiger partial charge in [0.2, 0.25) is 0 Å². The van der Waals surface area contributed by atoms with E-state index < -0.39 is 0 Å². The van der Waals surface area contributed by atoms with Gasteiger partial charge in [-0.05, 0) is 38.9 Å². The molecule has 0 aliphatic heterocycles. The number of aryl methyl sites for hydroxylation is 1. The fourth-order valence-electron chi connectivity index (χ4n) is 1.35. The quantitative estimate of drug-likeness (QED) is 0.703. The minimum Gasteiger partial charge on any atom is -0.465 e. The SMILES string of the molecule is C=CCCC(NC)c1ccc(C)o1. The molecule has 0 aliphatic carbocycles. The summed E-state index contributed by atoms with van der Waals surface area (Å²) in [5.74, 6) is 1.98. The number of hydrogen-bond donors (Lipinski definition) is 1. The van der Waals surface area contributed by atoms with E-state index in [0.29, 0.717) is 6.04 Å². The second kappa shape index (κ2) is 4.87. The highest BCUT2D eigenvalue weighted by molar-refractivity contribution is 5.09. The molecule has 1 rings (SSSR count).